The molecule has 11 nitrogen and oxygen atoms in total. The summed E-state index contributed by atoms with van der Waals surface area (Å²) in [6.07, 6.45) is -2.35. The number of hydrogen-bond acceptors (Lipinski definition) is 10. The van der Waals surface area contributed by atoms with Crippen LogP contribution in [0, 0.1) is 5.92 Å². The Labute approximate surface area is 278 Å². The van der Waals surface area contributed by atoms with Gasteiger partial charge in [-0.3, -0.25) is 4.79 Å². The third-order valence-electron chi connectivity index (χ3n) is 8.97. The number of Topliss-reactive ketones (excluding diaryl/α,β-unsaturated/α-hetero) is 1. The molecule has 48 heavy (non-hydrogen) atoms. The average molecular weight is 658 g/mol. The first kappa shape index (κ1) is 32.9. The van der Waals surface area contributed by atoms with Crippen molar-refractivity contribution in [3.05, 3.63) is 107 Å². The third-order valence-corrected chi connectivity index (χ3v) is 8.97. The van der Waals surface area contributed by atoms with E-state index in [2.05, 4.69) is 5.32 Å². The summed E-state index contributed by atoms with van der Waals surface area (Å²) in [5, 5.41) is 28.2. The number of ether oxygens (including phenoxy) is 5. The molecule has 3 N–H and O–H groups in total. The Balaban J connectivity index is 1.50. The fraction of sp³-hybridized carbons (Fsp3) is 0.351. The van der Waals surface area contributed by atoms with Crippen molar-refractivity contribution in [1.82, 2.24) is 5.32 Å². The van der Waals surface area contributed by atoms with E-state index in [1.807, 2.05) is 30.3 Å². The van der Waals surface area contributed by atoms with Gasteiger partial charge >= 0.3 is 6.09 Å². The number of fused-ring (bicyclic) bond motifs is 3. The van der Waals surface area contributed by atoms with E-state index in [1.54, 1.807) is 70.3 Å². The molecule has 1 aromatic heterocycles. The molecule has 1 amide bonds. The van der Waals surface area contributed by atoms with Crippen molar-refractivity contribution in [2.24, 2.45) is 5.92 Å². The molecule has 0 saturated heterocycles. The van der Waals surface area contributed by atoms with E-state index in [9.17, 15) is 19.8 Å². The van der Waals surface area contributed by atoms with Crippen LogP contribution in [0.2, 0.25) is 0 Å². The predicted octanol–water partition coefficient (Wildman–Crippen LogP) is 5.46. The van der Waals surface area contributed by atoms with Gasteiger partial charge in [0.2, 0.25) is 5.78 Å². The molecule has 6 rings (SSSR count). The second-order valence-electron chi connectivity index (χ2n) is 12.9. The fourth-order valence-electron chi connectivity index (χ4n) is 7.04. The number of alkyl carbamates (subject to hydrolysis) is 1. The van der Waals surface area contributed by atoms with E-state index in [0.717, 1.165) is 0 Å². The Kier molecular flexibility index (Phi) is 8.38. The van der Waals surface area contributed by atoms with Crippen LogP contribution in [0.25, 0.3) is 0 Å². The highest BCUT2D eigenvalue weighted by atomic mass is 16.6. The van der Waals surface area contributed by atoms with Crippen LogP contribution in [0.5, 0.6) is 23.0 Å². The second-order valence-corrected chi connectivity index (χ2v) is 12.9. The Morgan fingerprint density at radius 2 is 1.58 bits per heavy atom. The number of benzene rings is 3. The van der Waals surface area contributed by atoms with Gasteiger partial charge in [0.15, 0.2) is 17.0 Å². The van der Waals surface area contributed by atoms with Gasteiger partial charge < -0.3 is 43.6 Å². The summed E-state index contributed by atoms with van der Waals surface area (Å²) >= 11 is 0. The van der Waals surface area contributed by atoms with Crippen LogP contribution in [0.4, 0.5) is 4.79 Å². The molecule has 2 aliphatic rings. The average Bonchev–Trinajstić information content (AvgIpc) is 3.71. The van der Waals surface area contributed by atoms with Gasteiger partial charge in [0.1, 0.15) is 40.5 Å². The van der Waals surface area contributed by atoms with Crippen LogP contribution in [0.15, 0.2) is 83.3 Å². The molecule has 3 aromatic carbocycles. The lowest BCUT2D eigenvalue weighted by Gasteiger charge is -2.40. The normalized spacial score (nSPS) is 24.2. The number of furan rings is 1. The minimum absolute atomic E-state index is 0.0350. The topological polar surface area (TPSA) is 146 Å². The maximum Gasteiger partial charge on any atom is 0.408 e. The van der Waals surface area contributed by atoms with Crippen molar-refractivity contribution >= 4 is 11.9 Å². The van der Waals surface area contributed by atoms with Gasteiger partial charge in [0, 0.05) is 18.1 Å². The zero-order valence-electron chi connectivity index (χ0n) is 27.6. The SMILES string of the molecule is COc1ccc([C@@]23Oc4cc(OC)cc(OC)c4[C@]2(O)[C@H](O)[C@H](C(=O)c2ccc(CNC(=O)OC(C)(C)C)o2)[C@H]3c2ccccc2)cc1. The highest BCUT2D eigenvalue weighted by molar-refractivity contribution is 5.97. The molecule has 1 aliphatic carbocycles. The molecule has 0 spiro atoms. The van der Waals surface area contributed by atoms with Crippen molar-refractivity contribution in [3.63, 3.8) is 0 Å². The highest BCUT2D eigenvalue weighted by Crippen LogP contribution is 2.70. The number of amides is 1. The molecule has 5 atom stereocenters. The molecule has 0 unspecified atom stereocenters. The minimum atomic E-state index is -2.21. The van der Waals surface area contributed by atoms with E-state index >= 15 is 0 Å². The number of methoxy groups -OCH3 is 3. The lowest BCUT2D eigenvalue weighted by Crippen LogP contribution is -2.52. The van der Waals surface area contributed by atoms with Crippen molar-refractivity contribution < 1.29 is 47.9 Å². The molecule has 1 saturated carbocycles. The van der Waals surface area contributed by atoms with Gasteiger partial charge in [-0.1, -0.05) is 42.5 Å². The zero-order valence-corrected chi connectivity index (χ0v) is 27.6. The van der Waals surface area contributed by atoms with E-state index in [1.165, 1.54) is 20.3 Å². The number of carbonyl (C=O) groups excluding carboxylic acids is 2. The smallest absolute Gasteiger partial charge is 0.408 e. The molecule has 252 valence electrons. The fourth-order valence-corrected chi connectivity index (χ4v) is 7.04. The Bertz CT molecular complexity index is 1810. The molecule has 0 radical (unpaired) electrons. The van der Waals surface area contributed by atoms with E-state index in [0.29, 0.717) is 28.4 Å². The summed E-state index contributed by atoms with van der Waals surface area (Å²) in [4.78, 5) is 26.8. The number of aliphatic hydroxyl groups is 2. The van der Waals surface area contributed by atoms with Gasteiger partial charge in [-0.05, 0) is 56.2 Å². The summed E-state index contributed by atoms with van der Waals surface area (Å²) in [6.45, 7) is 5.22. The summed E-state index contributed by atoms with van der Waals surface area (Å²) < 4.78 is 34.8. The first-order valence-corrected chi connectivity index (χ1v) is 15.5. The largest absolute Gasteiger partial charge is 0.497 e. The lowest BCUT2D eigenvalue weighted by atomic mass is 9.70. The van der Waals surface area contributed by atoms with Crippen LogP contribution in [0.1, 0.15) is 59.7 Å². The maximum absolute atomic E-state index is 14.6. The number of hydrogen-bond donors (Lipinski definition) is 3. The van der Waals surface area contributed by atoms with Gasteiger partial charge in [-0.2, -0.15) is 0 Å². The molecule has 4 aromatic rings. The van der Waals surface area contributed by atoms with Crippen molar-refractivity contribution in [2.75, 3.05) is 21.3 Å². The van der Waals surface area contributed by atoms with Crippen LogP contribution in [0.3, 0.4) is 0 Å². The predicted molar refractivity (Wildman–Crippen MR) is 174 cm³/mol. The van der Waals surface area contributed by atoms with Crippen LogP contribution in [-0.2, 0) is 22.5 Å². The number of rotatable bonds is 9. The molecule has 1 fully saturated rings. The number of ketones is 1. The molecule has 11 heteroatoms. The Morgan fingerprint density at radius 1 is 0.896 bits per heavy atom. The van der Waals surface area contributed by atoms with E-state index < -0.39 is 46.6 Å². The highest BCUT2D eigenvalue weighted by Gasteiger charge is 2.78. The first-order chi connectivity index (χ1) is 22.9. The maximum atomic E-state index is 14.6. The summed E-state index contributed by atoms with van der Waals surface area (Å²) in [5.74, 6) is -1.09. The van der Waals surface area contributed by atoms with Gasteiger partial charge in [0.25, 0.3) is 0 Å². The van der Waals surface area contributed by atoms with E-state index in [-0.39, 0.29) is 29.4 Å². The summed E-state index contributed by atoms with van der Waals surface area (Å²) in [5.41, 5.74) is -3.32. The van der Waals surface area contributed by atoms with Crippen LogP contribution in [-0.4, -0.2) is 55.1 Å². The van der Waals surface area contributed by atoms with Crippen molar-refractivity contribution in [1.29, 1.82) is 0 Å². The van der Waals surface area contributed by atoms with Gasteiger partial charge in [-0.15, -0.1) is 0 Å². The van der Waals surface area contributed by atoms with Gasteiger partial charge in [0.05, 0.1) is 39.4 Å². The number of aliphatic hydroxyl groups excluding tert-OH is 1. The zero-order chi connectivity index (χ0) is 34.4. The Hall–Kier alpha value is -5.00. The lowest BCUT2D eigenvalue weighted by molar-refractivity contribution is -0.151. The second kappa shape index (κ2) is 12.2. The molecule has 2 heterocycles. The monoisotopic (exact) mass is 657 g/mol. The third kappa shape index (κ3) is 5.23. The minimum Gasteiger partial charge on any atom is -0.497 e. The standard InChI is InChI=1S/C37H39NO10/c1-35(2,3)48-34(41)38-20-24-16-17-26(46-24)32(39)29-30(21-10-8-7-9-11-21)37(22-12-14-23(43-4)15-13-22)36(42,33(29)40)31-27(45-6)18-25(44-5)19-28(31)47-37/h7-19,29-30,33,40,42H,20H2,1-6H3,(H,38,41)/t29-,30+,33+,36-,37-/m0/s1. The molecular formula is C37H39NO10. The molecule has 1 aliphatic heterocycles. The quantitative estimate of drug-likeness (QED) is 0.198. The summed E-state index contributed by atoms with van der Waals surface area (Å²) in [6, 6.07) is 22.4. The Morgan fingerprint density at radius 3 is 2.21 bits per heavy atom. The first-order valence-electron chi connectivity index (χ1n) is 15.5. The van der Waals surface area contributed by atoms with Crippen molar-refractivity contribution in [3.8, 4) is 23.0 Å². The van der Waals surface area contributed by atoms with E-state index in [4.69, 9.17) is 28.1 Å². The van der Waals surface area contributed by atoms with Crippen molar-refractivity contribution in [2.45, 2.75) is 56.1 Å². The summed E-state index contributed by atoms with van der Waals surface area (Å²) in [7, 11) is 4.49. The number of nitrogens with one attached hydrogen (secondary N) is 1. The number of carbonyl (C=O) groups is 2. The molecule has 0 bridgehead atoms. The van der Waals surface area contributed by atoms with Crippen LogP contribution >= 0.6 is 0 Å². The van der Waals surface area contributed by atoms with Gasteiger partial charge in [-0.25, -0.2) is 4.79 Å². The van der Waals surface area contributed by atoms with Crippen LogP contribution < -0.4 is 24.3 Å². The molecular weight excluding hydrogens is 618 g/mol.